The van der Waals surface area contributed by atoms with E-state index in [1.807, 2.05) is 42.5 Å². The molecule has 3 rings (SSSR count). The van der Waals surface area contributed by atoms with Gasteiger partial charge in [0, 0.05) is 0 Å². The molecular weight excluding hydrogens is 366 g/mol. The number of rotatable bonds is 7. The fraction of sp³-hybridized carbons (Fsp3) is 0.150. The topological polar surface area (TPSA) is 95.7 Å². The summed E-state index contributed by atoms with van der Waals surface area (Å²) in [7, 11) is -3.72. The summed E-state index contributed by atoms with van der Waals surface area (Å²) in [6.07, 6.45) is 0.188. The van der Waals surface area contributed by atoms with Crippen LogP contribution in [-0.2, 0) is 26.0 Å². The molecule has 0 bridgehead atoms. The third-order valence-electron chi connectivity index (χ3n) is 3.93. The maximum absolute atomic E-state index is 12.0. The average Bonchev–Trinajstić information content (AvgIpc) is 2.65. The van der Waals surface area contributed by atoms with E-state index >= 15 is 0 Å². The van der Waals surface area contributed by atoms with E-state index in [0.717, 1.165) is 16.3 Å². The van der Waals surface area contributed by atoms with Gasteiger partial charge in [-0.15, -0.1) is 0 Å². The third-order valence-corrected chi connectivity index (χ3v) is 4.86. The van der Waals surface area contributed by atoms with E-state index in [4.69, 9.17) is 14.6 Å². The summed E-state index contributed by atoms with van der Waals surface area (Å²) in [5.41, 5.74) is 0.887. The Balaban J connectivity index is 1.45. The highest BCUT2D eigenvalue weighted by molar-refractivity contribution is 7.89. The highest BCUT2D eigenvalue weighted by Gasteiger charge is 2.08. The number of carbonyl (C=O) groups is 1. The Hall–Kier alpha value is -2.90. The number of nitrogens with two attached hydrogens (primary N) is 1. The van der Waals surface area contributed by atoms with Crippen molar-refractivity contribution in [1.82, 2.24) is 0 Å². The Morgan fingerprint density at radius 3 is 2.30 bits per heavy atom. The highest BCUT2D eigenvalue weighted by Crippen LogP contribution is 2.17. The summed E-state index contributed by atoms with van der Waals surface area (Å²) in [6, 6.07) is 19.5. The second-order valence-corrected chi connectivity index (χ2v) is 7.51. The number of hydrogen-bond donors (Lipinski definition) is 1. The molecule has 0 saturated heterocycles. The maximum atomic E-state index is 12.0. The van der Waals surface area contributed by atoms with Gasteiger partial charge >= 0.3 is 5.97 Å². The molecule has 7 heteroatoms. The van der Waals surface area contributed by atoms with Gasteiger partial charge in [0.05, 0.1) is 11.3 Å². The number of primary sulfonamides is 1. The molecule has 3 aromatic carbocycles. The van der Waals surface area contributed by atoms with Crippen LogP contribution in [-0.4, -0.2) is 27.6 Å². The number of esters is 1. The fourth-order valence-electron chi connectivity index (χ4n) is 2.61. The first kappa shape index (κ1) is 18.9. The van der Waals surface area contributed by atoms with Crippen molar-refractivity contribution in [1.29, 1.82) is 0 Å². The summed E-state index contributed by atoms with van der Waals surface area (Å²) in [6.45, 7) is 0.265. The number of benzene rings is 3. The standard InChI is InChI=1S/C20H19NO5S/c21-27(23,24)19-9-7-18(8-10-19)25-11-12-26-20(22)14-15-5-6-16-3-1-2-4-17(16)13-15/h1-10,13H,11-12,14H2,(H2,21,23,24). The van der Waals surface area contributed by atoms with Gasteiger partial charge in [-0.2, -0.15) is 0 Å². The SMILES string of the molecule is NS(=O)(=O)c1ccc(OCCOC(=O)Cc2ccc3ccccc3c2)cc1. The Kier molecular flexibility index (Phi) is 5.73. The van der Waals surface area contributed by atoms with Crippen LogP contribution < -0.4 is 9.88 Å². The number of ether oxygens (including phenoxy) is 2. The molecule has 0 radical (unpaired) electrons. The summed E-state index contributed by atoms with van der Waals surface area (Å²) >= 11 is 0. The minimum atomic E-state index is -3.72. The number of sulfonamides is 1. The fourth-order valence-corrected chi connectivity index (χ4v) is 3.12. The van der Waals surface area contributed by atoms with E-state index in [-0.39, 0.29) is 30.5 Å². The number of fused-ring (bicyclic) bond motifs is 1. The van der Waals surface area contributed by atoms with Crippen LogP contribution in [0.4, 0.5) is 0 Å². The van der Waals surface area contributed by atoms with E-state index in [1.165, 1.54) is 24.3 Å². The third kappa shape index (κ3) is 5.29. The van der Waals surface area contributed by atoms with Crippen LogP contribution in [0.5, 0.6) is 5.75 Å². The molecule has 3 aromatic rings. The van der Waals surface area contributed by atoms with Crippen LogP contribution in [0.1, 0.15) is 5.56 Å². The minimum absolute atomic E-state index is 0.0108. The lowest BCUT2D eigenvalue weighted by atomic mass is 10.1. The van der Waals surface area contributed by atoms with Crippen LogP contribution >= 0.6 is 0 Å². The second-order valence-electron chi connectivity index (χ2n) is 5.94. The normalized spacial score (nSPS) is 11.3. The summed E-state index contributed by atoms with van der Waals surface area (Å²) in [5.74, 6) is 0.131. The van der Waals surface area contributed by atoms with Gasteiger partial charge in [-0.3, -0.25) is 4.79 Å². The van der Waals surface area contributed by atoms with E-state index in [0.29, 0.717) is 5.75 Å². The van der Waals surface area contributed by atoms with Crippen LogP contribution in [0.3, 0.4) is 0 Å². The van der Waals surface area contributed by atoms with E-state index in [1.54, 1.807) is 0 Å². The van der Waals surface area contributed by atoms with Crippen molar-refractivity contribution in [2.75, 3.05) is 13.2 Å². The Bertz CT molecular complexity index is 1050. The zero-order chi connectivity index (χ0) is 19.3. The van der Waals surface area contributed by atoms with Crippen molar-refractivity contribution in [2.24, 2.45) is 5.14 Å². The van der Waals surface area contributed by atoms with Gasteiger partial charge in [-0.25, -0.2) is 13.6 Å². The molecular formula is C20H19NO5S. The molecule has 27 heavy (non-hydrogen) atoms. The molecule has 0 saturated carbocycles. The van der Waals surface area contributed by atoms with Gasteiger partial charge in [0.1, 0.15) is 19.0 Å². The monoisotopic (exact) mass is 385 g/mol. The van der Waals surface area contributed by atoms with Crippen LogP contribution in [0, 0.1) is 0 Å². The largest absolute Gasteiger partial charge is 0.490 e. The molecule has 0 aliphatic heterocycles. The first-order valence-electron chi connectivity index (χ1n) is 8.31. The molecule has 6 nitrogen and oxygen atoms in total. The lowest BCUT2D eigenvalue weighted by Gasteiger charge is -2.08. The molecule has 0 fully saturated rings. The van der Waals surface area contributed by atoms with Gasteiger partial charge in [0.25, 0.3) is 0 Å². The first-order valence-corrected chi connectivity index (χ1v) is 9.85. The van der Waals surface area contributed by atoms with Gasteiger partial charge in [0.2, 0.25) is 10.0 Å². The smallest absolute Gasteiger partial charge is 0.310 e. The number of hydrogen-bond acceptors (Lipinski definition) is 5. The molecule has 0 atom stereocenters. The van der Waals surface area contributed by atoms with E-state index in [9.17, 15) is 13.2 Å². The molecule has 0 spiro atoms. The highest BCUT2D eigenvalue weighted by atomic mass is 32.2. The molecule has 0 amide bonds. The zero-order valence-electron chi connectivity index (χ0n) is 14.5. The van der Waals surface area contributed by atoms with Gasteiger partial charge in [-0.05, 0) is 40.6 Å². The Morgan fingerprint density at radius 1 is 0.889 bits per heavy atom. The lowest BCUT2D eigenvalue weighted by Crippen LogP contribution is -2.14. The predicted molar refractivity (Wildman–Crippen MR) is 102 cm³/mol. The molecule has 0 aliphatic rings. The summed E-state index contributed by atoms with van der Waals surface area (Å²) in [4.78, 5) is 12.0. The predicted octanol–water partition coefficient (Wildman–Crippen LogP) is 2.65. The van der Waals surface area contributed by atoms with Crippen LogP contribution in [0.25, 0.3) is 10.8 Å². The molecule has 0 unspecified atom stereocenters. The maximum Gasteiger partial charge on any atom is 0.310 e. The minimum Gasteiger partial charge on any atom is -0.490 e. The summed E-state index contributed by atoms with van der Waals surface area (Å²) < 4.78 is 33.0. The van der Waals surface area contributed by atoms with Crippen LogP contribution in [0.15, 0.2) is 71.6 Å². The van der Waals surface area contributed by atoms with Gasteiger partial charge < -0.3 is 9.47 Å². The van der Waals surface area contributed by atoms with Gasteiger partial charge in [-0.1, -0.05) is 42.5 Å². The Labute approximate surface area is 157 Å². The van der Waals surface area contributed by atoms with E-state index in [2.05, 4.69) is 0 Å². The van der Waals surface area contributed by atoms with Crippen molar-refractivity contribution >= 4 is 26.8 Å². The van der Waals surface area contributed by atoms with Gasteiger partial charge in [0.15, 0.2) is 0 Å². The zero-order valence-corrected chi connectivity index (χ0v) is 15.3. The second kappa shape index (κ2) is 8.20. The molecule has 2 N–H and O–H groups in total. The summed E-state index contributed by atoms with van der Waals surface area (Å²) in [5, 5.41) is 7.23. The van der Waals surface area contributed by atoms with Crippen molar-refractivity contribution < 1.29 is 22.7 Å². The average molecular weight is 385 g/mol. The first-order chi connectivity index (χ1) is 12.9. The number of carbonyl (C=O) groups excluding carboxylic acids is 1. The van der Waals surface area contributed by atoms with Crippen molar-refractivity contribution in [3.8, 4) is 5.75 Å². The van der Waals surface area contributed by atoms with Crippen molar-refractivity contribution in [3.63, 3.8) is 0 Å². The quantitative estimate of drug-likeness (QED) is 0.498. The lowest BCUT2D eigenvalue weighted by molar-refractivity contribution is -0.143. The van der Waals surface area contributed by atoms with Crippen molar-refractivity contribution in [3.05, 3.63) is 72.3 Å². The van der Waals surface area contributed by atoms with E-state index < -0.39 is 10.0 Å². The molecule has 140 valence electrons. The molecule has 0 aromatic heterocycles. The van der Waals surface area contributed by atoms with Crippen molar-refractivity contribution in [2.45, 2.75) is 11.3 Å². The van der Waals surface area contributed by atoms with Crippen LogP contribution in [0.2, 0.25) is 0 Å². The Morgan fingerprint density at radius 2 is 1.59 bits per heavy atom. The molecule has 0 heterocycles. The molecule has 0 aliphatic carbocycles.